The Kier molecular flexibility index (Phi) is 3.61. The number of nitrogens with zero attached hydrogens (tertiary/aromatic N) is 2. The Labute approximate surface area is 105 Å². The number of imidazole rings is 1. The summed E-state index contributed by atoms with van der Waals surface area (Å²) in [4.78, 5) is 4.28. The summed E-state index contributed by atoms with van der Waals surface area (Å²) in [6.45, 7) is 4.13. The van der Waals surface area contributed by atoms with Crippen LogP contribution >= 0.6 is 44.3 Å². The van der Waals surface area contributed by atoms with Crippen LogP contribution in [0, 0.1) is 13.8 Å². The summed E-state index contributed by atoms with van der Waals surface area (Å²) in [5.74, 6) is 0. The smallest absolute Gasteiger partial charge is 0.151 e. The van der Waals surface area contributed by atoms with Crippen LogP contribution in [0.25, 0.3) is 5.65 Å². The summed E-state index contributed by atoms with van der Waals surface area (Å²) in [7, 11) is 0. The first-order chi connectivity index (χ1) is 6.13. The lowest BCUT2D eigenvalue weighted by molar-refractivity contribution is 1.06. The van der Waals surface area contributed by atoms with Gasteiger partial charge in [0.25, 0.3) is 0 Å². The van der Waals surface area contributed by atoms with Gasteiger partial charge in [-0.3, -0.25) is 0 Å². The maximum atomic E-state index is 4.28. The van der Waals surface area contributed by atoms with Gasteiger partial charge in [-0.25, -0.2) is 4.98 Å². The van der Waals surface area contributed by atoms with Crippen molar-refractivity contribution in [2.24, 2.45) is 0 Å². The predicted octanol–water partition coefficient (Wildman–Crippen LogP) is 3.90. The molecule has 2 rings (SSSR count). The van der Waals surface area contributed by atoms with Crippen molar-refractivity contribution in [1.29, 1.82) is 0 Å². The third-order valence-electron chi connectivity index (χ3n) is 2.17. The molecule has 0 aliphatic carbocycles. The molecule has 5 heteroatoms. The topological polar surface area (TPSA) is 17.3 Å². The van der Waals surface area contributed by atoms with Crippen molar-refractivity contribution < 1.29 is 0 Å². The lowest BCUT2D eigenvalue weighted by Gasteiger charge is -2.08. The van der Waals surface area contributed by atoms with Crippen LogP contribution in [0.1, 0.15) is 11.3 Å². The molecule has 2 aromatic heterocycles. The Bertz CT molecular complexity index is 437. The zero-order chi connectivity index (χ0) is 9.59. The minimum absolute atomic E-state index is 0. The molecule has 0 fully saturated rings. The molecule has 0 saturated carbocycles. The molecule has 14 heavy (non-hydrogen) atoms. The molecule has 0 atom stereocenters. The maximum absolute atomic E-state index is 4.28. The van der Waals surface area contributed by atoms with Crippen LogP contribution in [0.15, 0.2) is 21.3 Å². The molecular formula is C9H9Br2ClN2. The van der Waals surface area contributed by atoms with Gasteiger partial charge in [0.15, 0.2) is 5.65 Å². The molecule has 0 aromatic carbocycles. The number of fused-ring (bicyclic) bond motifs is 1. The second-order valence-corrected chi connectivity index (χ2v) is 4.55. The van der Waals surface area contributed by atoms with Crippen molar-refractivity contribution in [3.8, 4) is 0 Å². The predicted molar refractivity (Wildman–Crippen MR) is 67.3 cm³/mol. The fourth-order valence-corrected chi connectivity index (χ4v) is 2.52. The fraction of sp³-hybridized carbons (Fsp3) is 0.222. The van der Waals surface area contributed by atoms with Gasteiger partial charge in [0, 0.05) is 22.6 Å². The van der Waals surface area contributed by atoms with E-state index < -0.39 is 0 Å². The standard InChI is InChI=1S/C9H8Br2N2.ClH/c1-5-7(10)6(2)13-4-3-12-9(13)8(5)11;/h3-4H,1-2H3;1H. The minimum atomic E-state index is 0. The quantitative estimate of drug-likeness (QED) is 0.711. The summed E-state index contributed by atoms with van der Waals surface area (Å²) in [6.07, 6.45) is 3.76. The van der Waals surface area contributed by atoms with Crippen LogP contribution in [-0.4, -0.2) is 9.38 Å². The van der Waals surface area contributed by atoms with Gasteiger partial charge in [-0.2, -0.15) is 0 Å². The number of halogens is 3. The maximum Gasteiger partial charge on any atom is 0.151 e. The first-order valence-corrected chi connectivity index (χ1v) is 5.48. The van der Waals surface area contributed by atoms with Crippen molar-refractivity contribution >= 4 is 49.9 Å². The van der Waals surface area contributed by atoms with Crippen molar-refractivity contribution in [3.05, 3.63) is 32.6 Å². The van der Waals surface area contributed by atoms with Crippen LogP contribution in [0.4, 0.5) is 0 Å². The zero-order valence-corrected chi connectivity index (χ0v) is 11.7. The summed E-state index contributed by atoms with van der Waals surface area (Å²) in [6, 6.07) is 0. The Balaban J connectivity index is 0.000000980. The number of rotatable bonds is 0. The van der Waals surface area contributed by atoms with Crippen molar-refractivity contribution in [3.63, 3.8) is 0 Å². The fourth-order valence-electron chi connectivity index (χ4n) is 1.38. The third kappa shape index (κ3) is 1.59. The van der Waals surface area contributed by atoms with Crippen molar-refractivity contribution in [2.75, 3.05) is 0 Å². The first kappa shape index (κ1) is 12.0. The van der Waals surface area contributed by atoms with Gasteiger partial charge in [0.05, 0.1) is 4.47 Å². The second-order valence-electron chi connectivity index (χ2n) is 2.96. The lowest BCUT2D eigenvalue weighted by Crippen LogP contribution is -1.95. The zero-order valence-electron chi connectivity index (χ0n) is 7.71. The molecule has 0 radical (unpaired) electrons. The molecular weight excluding hydrogens is 331 g/mol. The summed E-state index contributed by atoms with van der Waals surface area (Å²) >= 11 is 7.09. The molecule has 2 heterocycles. The van der Waals surface area contributed by atoms with Crippen LogP contribution in [0.2, 0.25) is 0 Å². The van der Waals surface area contributed by atoms with Gasteiger partial charge >= 0.3 is 0 Å². The van der Waals surface area contributed by atoms with E-state index in [4.69, 9.17) is 0 Å². The Morgan fingerprint density at radius 2 is 1.86 bits per heavy atom. The highest BCUT2D eigenvalue weighted by atomic mass is 79.9. The number of aromatic nitrogens is 2. The molecule has 76 valence electrons. The van der Waals surface area contributed by atoms with Crippen molar-refractivity contribution in [1.82, 2.24) is 9.38 Å². The van der Waals surface area contributed by atoms with E-state index in [1.54, 1.807) is 6.20 Å². The Morgan fingerprint density at radius 3 is 2.50 bits per heavy atom. The van der Waals surface area contributed by atoms with Gasteiger partial charge in [0.1, 0.15) is 0 Å². The van der Waals surface area contributed by atoms with E-state index in [2.05, 4.69) is 55.1 Å². The lowest BCUT2D eigenvalue weighted by atomic mass is 10.2. The molecule has 0 aliphatic rings. The van der Waals surface area contributed by atoms with E-state index >= 15 is 0 Å². The Morgan fingerprint density at radius 1 is 1.21 bits per heavy atom. The SMILES string of the molecule is Cc1c(Br)c(C)n2ccnc2c1Br.Cl. The number of hydrogen-bond acceptors (Lipinski definition) is 1. The van der Waals surface area contributed by atoms with Gasteiger partial charge in [-0.1, -0.05) is 0 Å². The molecule has 0 aliphatic heterocycles. The average molecular weight is 340 g/mol. The van der Waals surface area contributed by atoms with Gasteiger partial charge < -0.3 is 4.40 Å². The van der Waals surface area contributed by atoms with E-state index in [9.17, 15) is 0 Å². The monoisotopic (exact) mass is 338 g/mol. The Hall–Kier alpha value is -0.0600. The molecule has 0 spiro atoms. The molecule has 0 saturated heterocycles. The van der Waals surface area contributed by atoms with Crippen LogP contribution < -0.4 is 0 Å². The molecule has 2 nitrogen and oxygen atoms in total. The van der Waals surface area contributed by atoms with Crippen molar-refractivity contribution in [2.45, 2.75) is 13.8 Å². The van der Waals surface area contributed by atoms with Gasteiger partial charge in [-0.15, -0.1) is 12.4 Å². The molecule has 0 amide bonds. The van der Waals surface area contributed by atoms with E-state index in [0.29, 0.717) is 0 Å². The highest BCUT2D eigenvalue weighted by Crippen LogP contribution is 2.30. The van der Waals surface area contributed by atoms with E-state index in [1.807, 2.05) is 6.20 Å². The summed E-state index contributed by atoms with van der Waals surface area (Å²) < 4.78 is 4.24. The number of aryl methyl sites for hydroxylation is 1. The average Bonchev–Trinajstić information content (AvgIpc) is 2.59. The van der Waals surface area contributed by atoms with E-state index in [-0.39, 0.29) is 12.4 Å². The molecule has 0 N–H and O–H groups in total. The van der Waals surface area contributed by atoms with E-state index in [0.717, 1.165) is 14.6 Å². The van der Waals surface area contributed by atoms with Crippen LogP contribution in [0.3, 0.4) is 0 Å². The molecule has 2 aromatic rings. The normalized spacial score (nSPS) is 10.3. The van der Waals surface area contributed by atoms with Gasteiger partial charge in [-0.05, 0) is 51.3 Å². The second kappa shape index (κ2) is 4.21. The summed E-state index contributed by atoms with van der Waals surface area (Å²) in [5.41, 5.74) is 3.34. The third-order valence-corrected chi connectivity index (χ3v) is 4.29. The van der Waals surface area contributed by atoms with Crippen LogP contribution in [0.5, 0.6) is 0 Å². The largest absolute Gasteiger partial charge is 0.302 e. The number of hydrogen-bond donors (Lipinski definition) is 0. The molecule has 0 unspecified atom stereocenters. The minimum Gasteiger partial charge on any atom is -0.302 e. The van der Waals surface area contributed by atoms with E-state index in [1.165, 1.54) is 11.3 Å². The highest BCUT2D eigenvalue weighted by Gasteiger charge is 2.10. The summed E-state index contributed by atoms with van der Waals surface area (Å²) in [5, 5.41) is 0. The number of pyridine rings is 1. The molecule has 0 bridgehead atoms. The first-order valence-electron chi connectivity index (χ1n) is 3.90. The highest BCUT2D eigenvalue weighted by molar-refractivity contribution is 9.11. The van der Waals surface area contributed by atoms with Crippen LogP contribution in [-0.2, 0) is 0 Å². The van der Waals surface area contributed by atoms with Gasteiger partial charge in [0.2, 0.25) is 0 Å².